The van der Waals surface area contributed by atoms with Gasteiger partial charge in [-0.15, -0.1) is 0 Å². The van der Waals surface area contributed by atoms with E-state index < -0.39 is 35.9 Å². The fourth-order valence-corrected chi connectivity index (χ4v) is 2.45. The second kappa shape index (κ2) is 11.2. The molecule has 0 fully saturated rings. The van der Waals surface area contributed by atoms with Crippen LogP contribution in [0.15, 0.2) is 42.9 Å². The molecule has 3 atom stereocenters. The van der Waals surface area contributed by atoms with Crippen molar-refractivity contribution in [3.63, 3.8) is 0 Å². The summed E-state index contributed by atoms with van der Waals surface area (Å²) in [6.07, 6.45) is 3.27. The van der Waals surface area contributed by atoms with Crippen molar-refractivity contribution < 1.29 is 36.6 Å². The van der Waals surface area contributed by atoms with Crippen LogP contribution in [-0.2, 0) is 44.3 Å². The summed E-state index contributed by atoms with van der Waals surface area (Å²) >= 11 is 0. The van der Waals surface area contributed by atoms with Crippen LogP contribution >= 0.6 is 0 Å². The van der Waals surface area contributed by atoms with Crippen LogP contribution in [0, 0.1) is 0 Å². The molecule has 1 heterocycles. The summed E-state index contributed by atoms with van der Waals surface area (Å²) in [4.78, 5) is 43.0. The molecule has 9 nitrogen and oxygen atoms in total. The van der Waals surface area contributed by atoms with Crippen LogP contribution in [0.5, 0.6) is 0 Å². The largest absolute Gasteiger partial charge is 0.480 e. The van der Waals surface area contributed by atoms with Gasteiger partial charge in [-0.05, 0) is 12.5 Å². The van der Waals surface area contributed by atoms with E-state index in [1.54, 1.807) is 30.5 Å². The van der Waals surface area contributed by atoms with Gasteiger partial charge in [-0.1, -0.05) is 30.3 Å². The van der Waals surface area contributed by atoms with E-state index in [1.165, 1.54) is 13.3 Å². The SMILES string of the molecule is CC(N)C(=O)NC(Cc1c[nH]cn1)C(=O)NC(Cc1ccccc1)C(=O)O.[Mn]. The van der Waals surface area contributed by atoms with Crippen molar-refractivity contribution in [2.75, 3.05) is 0 Å². The van der Waals surface area contributed by atoms with Crippen molar-refractivity contribution in [3.05, 3.63) is 54.1 Å². The first-order valence-electron chi connectivity index (χ1n) is 8.47. The van der Waals surface area contributed by atoms with Gasteiger partial charge >= 0.3 is 5.97 Å². The van der Waals surface area contributed by atoms with E-state index in [0.717, 1.165) is 5.56 Å². The van der Waals surface area contributed by atoms with Gasteiger partial charge in [0.15, 0.2) is 0 Å². The molecule has 0 saturated carbocycles. The van der Waals surface area contributed by atoms with Gasteiger partial charge in [-0.3, -0.25) is 9.59 Å². The molecule has 2 rings (SSSR count). The Kier molecular flexibility index (Phi) is 9.37. The van der Waals surface area contributed by atoms with Gasteiger partial charge in [0.05, 0.1) is 18.1 Å². The molecule has 0 bridgehead atoms. The number of aromatic nitrogens is 2. The van der Waals surface area contributed by atoms with Crippen LogP contribution in [0.25, 0.3) is 0 Å². The maximum absolute atomic E-state index is 12.7. The number of rotatable bonds is 9. The summed E-state index contributed by atoms with van der Waals surface area (Å²) in [5.74, 6) is -2.29. The molecule has 28 heavy (non-hydrogen) atoms. The molecule has 3 unspecified atom stereocenters. The van der Waals surface area contributed by atoms with Gasteiger partial charge in [-0.25, -0.2) is 9.78 Å². The first-order valence-corrected chi connectivity index (χ1v) is 8.47. The standard InChI is InChI=1S/C18H23N5O4.Mn/c1-11(19)16(24)22-14(8-13-9-20-10-21-13)17(25)23-15(18(26)27)7-12-5-3-2-4-6-12;/h2-6,9-11,14-15H,7-8,19H2,1H3,(H,20,21)(H,22,24)(H,23,25)(H,26,27);. The van der Waals surface area contributed by atoms with E-state index in [-0.39, 0.29) is 29.9 Å². The van der Waals surface area contributed by atoms with Gasteiger partial charge in [0.1, 0.15) is 12.1 Å². The minimum Gasteiger partial charge on any atom is -0.480 e. The predicted molar refractivity (Wildman–Crippen MR) is 97.6 cm³/mol. The number of benzene rings is 1. The third-order valence-corrected chi connectivity index (χ3v) is 3.91. The average molecular weight is 428 g/mol. The number of aromatic amines is 1. The van der Waals surface area contributed by atoms with Gasteiger partial charge in [0.2, 0.25) is 11.8 Å². The summed E-state index contributed by atoms with van der Waals surface area (Å²) < 4.78 is 0. The maximum atomic E-state index is 12.7. The van der Waals surface area contributed by atoms with Crippen molar-refractivity contribution in [3.8, 4) is 0 Å². The average Bonchev–Trinajstić information content (AvgIpc) is 3.14. The minimum absolute atomic E-state index is 0. The van der Waals surface area contributed by atoms with Crippen LogP contribution in [0.3, 0.4) is 0 Å². The normalized spacial score (nSPS) is 13.5. The molecular weight excluding hydrogens is 405 g/mol. The van der Waals surface area contributed by atoms with Gasteiger partial charge in [0.25, 0.3) is 0 Å². The fourth-order valence-electron chi connectivity index (χ4n) is 2.45. The number of H-pyrrole nitrogens is 1. The van der Waals surface area contributed by atoms with Crippen molar-refractivity contribution in [1.29, 1.82) is 0 Å². The maximum Gasteiger partial charge on any atom is 0.326 e. The Labute approximate surface area is 173 Å². The van der Waals surface area contributed by atoms with Crippen molar-refractivity contribution in [2.45, 2.75) is 37.9 Å². The molecule has 10 heteroatoms. The number of hydrogen-bond donors (Lipinski definition) is 5. The van der Waals surface area contributed by atoms with Gasteiger partial charge in [0, 0.05) is 36.1 Å². The molecule has 1 aromatic heterocycles. The number of carboxylic acids is 1. The Morgan fingerprint density at radius 3 is 2.29 bits per heavy atom. The Hall–Kier alpha value is -2.68. The Bertz CT molecular complexity index is 768. The summed E-state index contributed by atoms with van der Waals surface area (Å²) in [5.41, 5.74) is 6.87. The predicted octanol–water partition coefficient (Wildman–Crippen LogP) is -0.406. The number of nitrogens with zero attached hydrogens (tertiary/aromatic N) is 1. The van der Waals surface area contributed by atoms with Crippen LogP contribution in [0.1, 0.15) is 18.2 Å². The molecule has 0 aliphatic carbocycles. The van der Waals surface area contributed by atoms with Gasteiger partial charge < -0.3 is 26.5 Å². The topological polar surface area (TPSA) is 150 Å². The zero-order valence-corrected chi connectivity index (χ0v) is 16.4. The first kappa shape index (κ1) is 23.4. The van der Waals surface area contributed by atoms with Crippen LogP contribution < -0.4 is 16.4 Å². The van der Waals surface area contributed by atoms with Gasteiger partial charge in [-0.2, -0.15) is 0 Å². The summed E-state index contributed by atoms with van der Waals surface area (Å²) in [6, 6.07) is 6.03. The van der Waals surface area contributed by atoms with E-state index in [1.807, 2.05) is 6.07 Å². The molecule has 0 aliphatic heterocycles. The fraction of sp³-hybridized carbons (Fsp3) is 0.333. The monoisotopic (exact) mass is 428 g/mol. The van der Waals surface area contributed by atoms with E-state index in [2.05, 4.69) is 20.6 Å². The Morgan fingerprint density at radius 1 is 1.11 bits per heavy atom. The van der Waals surface area contributed by atoms with Crippen LogP contribution in [-0.4, -0.2) is 51.0 Å². The number of hydrogen-bond acceptors (Lipinski definition) is 5. The molecule has 0 spiro atoms. The van der Waals surface area contributed by atoms with Crippen LogP contribution in [0.2, 0.25) is 0 Å². The zero-order valence-electron chi connectivity index (χ0n) is 15.3. The molecule has 0 saturated heterocycles. The molecule has 6 N–H and O–H groups in total. The Balaban J connectivity index is 0.00000392. The molecule has 1 radical (unpaired) electrons. The summed E-state index contributed by atoms with van der Waals surface area (Å²) in [6.45, 7) is 1.49. The van der Waals surface area contributed by atoms with Crippen LogP contribution in [0.4, 0.5) is 0 Å². The number of carboxylic acid groups (broad SMARTS) is 1. The Morgan fingerprint density at radius 2 is 1.75 bits per heavy atom. The summed E-state index contributed by atoms with van der Waals surface area (Å²) in [7, 11) is 0. The molecule has 151 valence electrons. The second-order valence-corrected chi connectivity index (χ2v) is 6.20. The quantitative estimate of drug-likeness (QED) is 0.343. The third kappa shape index (κ3) is 7.15. The smallest absolute Gasteiger partial charge is 0.326 e. The van der Waals surface area contributed by atoms with E-state index in [4.69, 9.17) is 5.73 Å². The number of nitrogens with one attached hydrogen (secondary N) is 3. The second-order valence-electron chi connectivity index (χ2n) is 6.20. The molecule has 2 aromatic rings. The third-order valence-electron chi connectivity index (χ3n) is 3.91. The molecule has 2 amide bonds. The van der Waals surface area contributed by atoms with E-state index in [9.17, 15) is 19.5 Å². The van der Waals surface area contributed by atoms with Crippen molar-refractivity contribution >= 4 is 17.8 Å². The summed E-state index contributed by atoms with van der Waals surface area (Å²) in [5, 5.41) is 14.5. The molecular formula is C18H23MnN5O4. The number of carbonyl (C=O) groups is 3. The number of aliphatic carboxylic acids is 1. The van der Waals surface area contributed by atoms with Crippen molar-refractivity contribution in [1.82, 2.24) is 20.6 Å². The molecule has 0 aliphatic rings. The van der Waals surface area contributed by atoms with E-state index in [0.29, 0.717) is 5.69 Å². The first-order chi connectivity index (χ1) is 12.9. The van der Waals surface area contributed by atoms with Crippen molar-refractivity contribution in [2.24, 2.45) is 5.73 Å². The minimum atomic E-state index is -1.16. The number of nitrogens with two attached hydrogens (primary N) is 1. The molecule has 1 aromatic carbocycles. The number of carbonyl (C=O) groups excluding carboxylic acids is 2. The zero-order chi connectivity index (χ0) is 19.8. The number of imidazole rings is 1. The van der Waals surface area contributed by atoms with E-state index >= 15 is 0 Å². The number of amides is 2.